The number of thiophene rings is 1. The van der Waals surface area contributed by atoms with E-state index in [4.69, 9.17) is 4.74 Å². The van der Waals surface area contributed by atoms with E-state index in [1.165, 1.54) is 24.8 Å². The number of ether oxygens (including phenoxy) is 1. The number of amides is 1. The van der Waals surface area contributed by atoms with Gasteiger partial charge in [-0.25, -0.2) is 0 Å². The number of fused-ring (bicyclic) bond motifs is 1. The van der Waals surface area contributed by atoms with Gasteiger partial charge in [0.15, 0.2) is 0 Å². The summed E-state index contributed by atoms with van der Waals surface area (Å²) in [5, 5.41) is 4.40. The molecule has 0 N–H and O–H groups in total. The van der Waals surface area contributed by atoms with Crippen LogP contribution in [0.5, 0.6) is 0 Å². The Hall–Kier alpha value is -0.910. The second-order valence-corrected chi connectivity index (χ2v) is 8.02. The van der Waals surface area contributed by atoms with E-state index in [-0.39, 0.29) is 6.10 Å². The number of rotatable bonds is 4. The number of hydrogen-bond acceptors (Lipinski definition) is 4. The summed E-state index contributed by atoms with van der Waals surface area (Å²) in [6.07, 6.45) is 4.27. The predicted molar refractivity (Wildman–Crippen MR) is 91.4 cm³/mol. The van der Waals surface area contributed by atoms with E-state index in [2.05, 4.69) is 21.7 Å². The van der Waals surface area contributed by atoms with Crippen LogP contribution in [0.3, 0.4) is 0 Å². The monoisotopic (exact) mass is 334 g/mol. The minimum Gasteiger partial charge on any atom is -0.377 e. The first kappa shape index (κ1) is 15.6. The molecule has 3 aliphatic heterocycles. The van der Waals surface area contributed by atoms with Crippen LogP contribution in [-0.2, 0) is 16.1 Å². The van der Waals surface area contributed by atoms with Gasteiger partial charge in [-0.1, -0.05) is 0 Å². The number of likely N-dealkylation sites (tertiary alicyclic amines) is 2. The van der Waals surface area contributed by atoms with Crippen molar-refractivity contribution in [1.82, 2.24) is 9.80 Å². The van der Waals surface area contributed by atoms with Gasteiger partial charge in [0.1, 0.15) is 0 Å². The maximum absolute atomic E-state index is 12.4. The summed E-state index contributed by atoms with van der Waals surface area (Å²) in [5.41, 5.74) is 1.42. The predicted octanol–water partition coefficient (Wildman–Crippen LogP) is 2.60. The minimum atomic E-state index is 0.163. The van der Waals surface area contributed by atoms with Gasteiger partial charge in [0.25, 0.3) is 0 Å². The third kappa shape index (κ3) is 3.47. The van der Waals surface area contributed by atoms with Crippen molar-refractivity contribution in [3.8, 4) is 0 Å². The van der Waals surface area contributed by atoms with Crippen LogP contribution >= 0.6 is 11.3 Å². The first-order valence-electron chi connectivity index (χ1n) is 8.92. The van der Waals surface area contributed by atoms with Gasteiger partial charge in [0.05, 0.1) is 19.1 Å². The van der Waals surface area contributed by atoms with Crippen LogP contribution in [0.2, 0.25) is 0 Å². The van der Waals surface area contributed by atoms with E-state index in [0.29, 0.717) is 24.2 Å². The summed E-state index contributed by atoms with van der Waals surface area (Å²) in [7, 11) is 0. The molecular formula is C18H26N2O2S. The van der Waals surface area contributed by atoms with Crippen molar-refractivity contribution in [3.63, 3.8) is 0 Å². The lowest BCUT2D eigenvalue weighted by Crippen LogP contribution is -2.42. The molecule has 23 heavy (non-hydrogen) atoms. The summed E-state index contributed by atoms with van der Waals surface area (Å²) in [6.45, 7) is 6.05. The molecule has 0 spiro atoms. The summed E-state index contributed by atoms with van der Waals surface area (Å²) < 4.78 is 6.04. The molecule has 0 saturated carbocycles. The molecule has 3 aliphatic rings. The van der Waals surface area contributed by atoms with Crippen molar-refractivity contribution in [1.29, 1.82) is 0 Å². The highest BCUT2D eigenvalue weighted by molar-refractivity contribution is 7.07. The van der Waals surface area contributed by atoms with Crippen LogP contribution in [0.4, 0.5) is 0 Å². The minimum absolute atomic E-state index is 0.163. The number of nitrogens with zero attached hydrogens (tertiary/aromatic N) is 2. The fourth-order valence-corrected chi connectivity index (χ4v) is 5.08. The Morgan fingerprint density at radius 2 is 2.17 bits per heavy atom. The quantitative estimate of drug-likeness (QED) is 0.848. The third-order valence-corrected chi connectivity index (χ3v) is 6.43. The zero-order valence-electron chi connectivity index (χ0n) is 13.7. The van der Waals surface area contributed by atoms with Crippen LogP contribution in [0.25, 0.3) is 0 Å². The van der Waals surface area contributed by atoms with Gasteiger partial charge in [-0.2, -0.15) is 11.3 Å². The lowest BCUT2D eigenvalue weighted by Gasteiger charge is -2.35. The molecule has 4 rings (SSSR count). The van der Waals surface area contributed by atoms with Gasteiger partial charge in [-0.15, -0.1) is 0 Å². The van der Waals surface area contributed by atoms with Gasteiger partial charge in [0.2, 0.25) is 5.91 Å². The highest BCUT2D eigenvalue weighted by Crippen LogP contribution is 2.36. The second-order valence-electron chi connectivity index (χ2n) is 7.24. The van der Waals surface area contributed by atoms with Gasteiger partial charge >= 0.3 is 0 Å². The van der Waals surface area contributed by atoms with E-state index in [1.807, 2.05) is 4.90 Å². The Morgan fingerprint density at radius 3 is 2.96 bits per heavy atom. The van der Waals surface area contributed by atoms with Crippen molar-refractivity contribution in [2.24, 2.45) is 11.8 Å². The highest BCUT2D eigenvalue weighted by atomic mass is 32.1. The molecule has 4 heterocycles. The van der Waals surface area contributed by atoms with Crippen molar-refractivity contribution >= 4 is 17.2 Å². The Balaban J connectivity index is 1.30. The Morgan fingerprint density at radius 1 is 1.30 bits per heavy atom. The lowest BCUT2D eigenvalue weighted by atomic mass is 9.83. The van der Waals surface area contributed by atoms with E-state index in [1.54, 1.807) is 11.3 Å². The lowest BCUT2D eigenvalue weighted by molar-refractivity contribution is -0.133. The Labute approximate surface area is 142 Å². The van der Waals surface area contributed by atoms with Gasteiger partial charge in [0, 0.05) is 32.1 Å². The normalized spacial score (nSPS) is 31.5. The highest BCUT2D eigenvalue weighted by Gasteiger charge is 2.42. The smallest absolute Gasteiger partial charge is 0.225 e. The van der Waals surface area contributed by atoms with Gasteiger partial charge < -0.3 is 9.64 Å². The molecule has 3 atom stereocenters. The van der Waals surface area contributed by atoms with E-state index >= 15 is 0 Å². The Kier molecular flexibility index (Phi) is 4.69. The maximum Gasteiger partial charge on any atom is 0.225 e. The largest absolute Gasteiger partial charge is 0.377 e. The number of carbonyl (C=O) groups excluding carboxylic acids is 1. The van der Waals surface area contributed by atoms with Crippen molar-refractivity contribution in [2.75, 3.05) is 32.8 Å². The number of hydrogen-bond donors (Lipinski definition) is 0. The number of piperidine rings is 1. The fraction of sp³-hybridized carbons (Fsp3) is 0.722. The molecule has 4 nitrogen and oxygen atoms in total. The molecule has 1 amide bonds. The molecule has 3 saturated heterocycles. The van der Waals surface area contributed by atoms with Crippen molar-refractivity contribution < 1.29 is 9.53 Å². The Bertz CT molecular complexity index is 527. The molecule has 0 aliphatic carbocycles. The van der Waals surface area contributed by atoms with Crippen LogP contribution in [0, 0.1) is 11.8 Å². The average Bonchev–Trinajstić information content (AvgIpc) is 3.28. The number of carbonyl (C=O) groups is 1. The summed E-state index contributed by atoms with van der Waals surface area (Å²) in [4.78, 5) is 17.0. The third-order valence-electron chi connectivity index (χ3n) is 5.70. The summed E-state index contributed by atoms with van der Waals surface area (Å²) >= 11 is 1.77. The zero-order valence-corrected chi connectivity index (χ0v) is 14.5. The molecule has 1 aromatic rings. The SMILES string of the molecule is O=C(C[C@@H]1OC[C@H]2CN(Cc3ccsc3)CC[C@H]21)N1CCCC1. The fourth-order valence-electron chi connectivity index (χ4n) is 4.42. The van der Waals surface area contributed by atoms with Crippen LogP contribution in [0.1, 0.15) is 31.2 Å². The molecule has 126 valence electrons. The molecule has 0 unspecified atom stereocenters. The molecule has 5 heteroatoms. The summed E-state index contributed by atoms with van der Waals surface area (Å²) in [5.74, 6) is 1.51. The molecular weight excluding hydrogens is 308 g/mol. The molecule has 0 aromatic carbocycles. The standard InChI is InChI=1S/C18H26N2O2S/c21-18(20-5-1-2-6-20)9-17-16-3-7-19(11-15(16)12-22-17)10-14-4-8-23-13-14/h4,8,13,15-17H,1-3,5-7,9-12H2/t15-,16-,17+/m1/s1. The summed E-state index contributed by atoms with van der Waals surface area (Å²) in [6, 6.07) is 2.22. The van der Waals surface area contributed by atoms with Crippen molar-refractivity contribution in [2.45, 2.75) is 38.3 Å². The van der Waals surface area contributed by atoms with E-state index in [0.717, 1.165) is 39.3 Å². The first-order chi connectivity index (χ1) is 11.3. The van der Waals surface area contributed by atoms with Gasteiger partial charge in [-0.05, 0) is 54.1 Å². The molecule has 0 radical (unpaired) electrons. The molecule has 3 fully saturated rings. The molecule has 0 bridgehead atoms. The first-order valence-corrected chi connectivity index (χ1v) is 9.86. The average molecular weight is 334 g/mol. The van der Waals surface area contributed by atoms with E-state index < -0.39 is 0 Å². The molecule has 1 aromatic heterocycles. The van der Waals surface area contributed by atoms with Gasteiger partial charge in [-0.3, -0.25) is 9.69 Å². The van der Waals surface area contributed by atoms with Crippen LogP contribution < -0.4 is 0 Å². The maximum atomic E-state index is 12.4. The van der Waals surface area contributed by atoms with Crippen LogP contribution in [-0.4, -0.2) is 54.6 Å². The second kappa shape index (κ2) is 6.91. The van der Waals surface area contributed by atoms with Crippen LogP contribution in [0.15, 0.2) is 16.8 Å². The zero-order chi connectivity index (χ0) is 15.6. The van der Waals surface area contributed by atoms with E-state index in [9.17, 15) is 4.79 Å². The van der Waals surface area contributed by atoms with Crippen molar-refractivity contribution in [3.05, 3.63) is 22.4 Å². The topological polar surface area (TPSA) is 32.8 Å².